The zero-order valence-corrected chi connectivity index (χ0v) is 11.2. The van der Waals surface area contributed by atoms with E-state index in [2.05, 4.69) is 11.5 Å². The summed E-state index contributed by atoms with van der Waals surface area (Å²) < 4.78 is 28.6. The van der Waals surface area contributed by atoms with Gasteiger partial charge in [-0.05, 0) is 26.2 Å². The lowest BCUT2D eigenvalue weighted by Crippen LogP contribution is -2.63. The number of hydrogen-bond acceptors (Lipinski definition) is 4. The van der Waals surface area contributed by atoms with E-state index in [9.17, 15) is 8.42 Å². The third-order valence-electron chi connectivity index (χ3n) is 3.97. The molecule has 0 amide bonds. The van der Waals surface area contributed by atoms with Crippen LogP contribution >= 0.6 is 0 Å². The van der Waals surface area contributed by atoms with Crippen molar-refractivity contribution < 1.29 is 13.2 Å². The second-order valence-electron chi connectivity index (χ2n) is 5.18. The number of ether oxygens (including phenoxy) is 1. The average Bonchev–Trinajstić information content (AvgIpc) is 2.25. The molecule has 1 atom stereocenters. The first-order valence-electron chi connectivity index (χ1n) is 6.19. The number of rotatable bonds is 4. The van der Waals surface area contributed by atoms with Gasteiger partial charge in [0.2, 0.25) is 0 Å². The van der Waals surface area contributed by atoms with Crippen LogP contribution in [0.15, 0.2) is 12.0 Å². The molecule has 1 aliphatic heterocycles. The van der Waals surface area contributed by atoms with Crippen molar-refractivity contribution >= 4 is 9.84 Å². The Balaban J connectivity index is 1.99. The summed E-state index contributed by atoms with van der Waals surface area (Å²) in [6.45, 7) is 7.58. The van der Waals surface area contributed by atoms with E-state index in [-0.39, 0.29) is 17.4 Å². The van der Waals surface area contributed by atoms with Crippen molar-refractivity contribution in [2.75, 3.05) is 25.4 Å². The Labute approximate surface area is 104 Å². The second kappa shape index (κ2) is 4.71. The smallest absolute Gasteiger partial charge is 0.172 e. The minimum Gasteiger partial charge on any atom is -0.375 e. The van der Waals surface area contributed by atoms with Gasteiger partial charge in [-0.15, -0.1) is 0 Å². The molecule has 0 bridgehead atoms. The summed E-state index contributed by atoms with van der Waals surface area (Å²) in [5, 5.41) is 1.06. The maximum absolute atomic E-state index is 11.5. The molecule has 2 fully saturated rings. The predicted molar refractivity (Wildman–Crippen MR) is 67.6 cm³/mol. The van der Waals surface area contributed by atoms with Crippen LogP contribution in [0.25, 0.3) is 0 Å². The number of morpholine rings is 1. The average molecular weight is 259 g/mol. The highest BCUT2D eigenvalue weighted by Crippen LogP contribution is 2.40. The molecule has 0 N–H and O–H groups in total. The monoisotopic (exact) mass is 259 g/mol. The van der Waals surface area contributed by atoms with Crippen molar-refractivity contribution in [2.24, 2.45) is 0 Å². The molecule has 1 aliphatic carbocycles. The molecule has 98 valence electrons. The molecule has 0 aromatic heterocycles. The lowest BCUT2D eigenvalue weighted by molar-refractivity contribution is -0.134. The molecular weight excluding hydrogens is 238 g/mol. The van der Waals surface area contributed by atoms with Gasteiger partial charge in [0, 0.05) is 24.0 Å². The van der Waals surface area contributed by atoms with Crippen LogP contribution in [0, 0.1) is 0 Å². The first-order chi connectivity index (χ1) is 7.97. The van der Waals surface area contributed by atoms with E-state index in [0.717, 1.165) is 31.4 Å². The van der Waals surface area contributed by atoms with Gasteiger partial charge in [0.1, 0.15) is 0 Å². The summed E-state index contributed by atoms with van der Waals surface area (Å²) >= 11 is 0. The van der Waals surface area contributed by atoms with Gasteiger partial charge in [0.05, 0.1) is 18.5 Å². The third kappa shape index (κ3) is 2.72. The zero-order valence-electron chi connectivity index (χ0n) is 10.4. The summed E-state index contributed by atoms with van der Waals surface area (Å²) in [6.07, 6.45) is 3.69. The number of sulfone groups is 1. The largest absolute Gasteiger partial charge is 0.375 e. The molecule has 0 aromatic rings. The highest BCUT2D eigenvalue weighted by Gasteiger charge is 2.45. The van der Waals surface area contributed by atoms with E-state index in [0.29, 0.717) is 6.54 Å². The van der Waals surface area contributed by atoms with Crippen molar-refractivity contribution in [3.63, 3.8) is 0 Å². The first-order valence-corrected chi connectivity index (χ1v) is 7.91. The maximum atomic E-state index is 11.5. The van der Waals surface area contributed by atoms with E-state index in [1.54, 1.807) is 0 Å². The Kier molecular flexibility index (Phi) is 3.61. The molecule has 2 rings (SSSR count). The molecular formula is C12H21NO3S. The Bertz CT molecular complexity index is 387. The van der Waals surface area contributed by atoms with Gasteiger partial charge in [-0.3, -0.25) is 4.90 Å². The maximum Gasteiger partial charge on any atom is 0.172 e. The SMILES string of the molecule is C=CS(=O)(=O)CCN1CC(C)OCC12CCC2. The minimum atomic E-state index is -3.09. The molecule has 2 aliphatic rings. The Hall–Kier alpha value is -0.390. The fraction of sp³-hybridized carbons (Fsp3) is 0.833. The van der Waals surface area contributed by atoms with Crippen molar-refractivity contribution in [1.29, 1.82) is 0 Å². The van der Waals surface area contributed by atoms with Crippen molar-refractivity contribution in [3.05, 3.63) is 12.0 Å². The van der Waals surface area contributed by atoms with Gasteiger partial charge in [-0.25, -0.2) is 8.42 Å². The van der Waals surface area contributed by atoms with Gasteiger partial charge in [0.25, 0.3) is 0 Å². The Morgan fingerprint density at radius 3 is 2.76 bits per heavy atom. The van der Waals surface area contributed by atoms with E-state index >= 15 is 0 Å². The van der Waals surface area contributed by atoms with Crippen LogP contribution in [0.5, 0.6) is 0 Å². The summed E-state index contributed by atoms with van der Waals surface area (Å²) in [6, 6.07) is 0. The van der Waals surface area contributed by atoms with Crippen LogP contribution in [-0.4, -0.2) is 50.4 Å². The first kappa shape index (κ1) is 13.1. The molecule has 17 heavy (non-hydrogen) atoms. The second-order valence-corrected chi connectivity index (χ2v) is 7.25. The third-order valence-corrected chi connectivity index (χ3v) is 5.23. The lowest BCUT2D eigenvalue weighted by atomic mass is 9.75. The summed E-state index contributed by atoms with van der Waals surface area (Å²) in [5.74, 6) is 0.172. The van der Waals surface area contributed by atoms with E-state index in [1.807, 2.05) is 6.92 Å². The van der Waals surface area contributed by atoms with Gasteiger partial charge in [0.15, 0.2) is 9.84 Å². The van der Waals surface area contributed by atoms with E-state index in [1.165, 1.54) is 6.42 Å². The van der Waals surface area contributed by atoms with Crippen molar-refractivity contribution in [3.8, 4) is 0 Å². The van der Waals surface area contributed by atoms with E-state index < -0.39 is 9.84 Å². The highest BCUT2D eigenvalue weighted by molar-refractivity contribution is 7.94. The van der Waals surface area contributed by atoms with Crippen LogP contribution < -0.4 is 0 Å². The molecule has 1 saturated heterocycles. The summed E-state index contributed by atoms with van der Waals surface area (Å²) in [4.78, 5) is 2.31. The number of nitrogens with zero attached hydrogens (tertiary/aromatic N) is 1. The Morgan fingerprint density at radius 1 is 1.53 bits per heavy atom. The topological polar surface area (TPSA) is 46.6 Å². The minimum absolute atomic E-state index is 0.128. The van der Waals surface area contributed by atoms with Crippen LogP contribution in [0.2, 0.25) is 0 Å². The van der Waals surface area contributed by atoms with Gasteiger partial charge in [-0.1, -0.05) is 6.58 Å². The van der Waals surface area contributed by atoms with Gasteiger partial charge >= 0.3 is 0 Å². The van der Waals surface area contributed by atoms with Gasteiger partial charge < -0.3 is 4.74 Å². The molecule has 4 nitrogen and oxygen atoms in total. The fourth-order valence-electron chi connectivity index (χ4n) is 2.64. The quantitative estimate of drug-likeness (QED) is 0.761. The van der Waals surface area contributed by atoms with E-state index in [4.69, 9.17) is 4.74 Å². The van der Waals surface area contributed by atoms with Crippen LogP contribution in [0.1, 0.15) is 26.2 Å². The van der Waals surface area contributed by atoms with Crippen LogP contribution in [0.4, 0.5) is 0 Å². The normalized spacial score (nSPS) is 28.9. The fourth-order valence-corrected chi connectivity index (χ4v) is 3.28. The molecule has 1 heterocycles. The molecule has 1 unspecified atom stereocenters. The predicted octanol–water partition coefficient (Wildman–Crippen LogP) is 1.19. The van der Waals surface area contributed by atoms with Gasteiger partial charge in [-0.2, -0.15) is 0 Å². The summed E-state index contributed by atoms with van der Waals surface area (Å²) in [5.41, 5.74) is 0.128. The highest BCUT2D eigenvalue weighted by atomic mass is 32.2. The molecule has 5 heteroatoms. The molecule has 0 aromatic carbocycles. The molecule has 1 spiro atoms. The molecule has 0 radical (unpaired) electrons. The zero-order chi connectivity index (χ0) is 12.5. The van der Waals surface area contributed by atoms with Crippen molar-refractivity contribution in [1.82, 2.24) is 4.90 Å². The Morgan fingerprint density at radius 2 is 2.24 bits per heavy atom. The summed E-state index contributed by atoms with van der Waals surface area (Å²) in [7, 11) is -3.09. The molecule has 1 saturated carbocycles. The number of hydrogen-bond donors (Lipinski definition) is 0. The standard InChI is InChI=1S/C12H21NO3S/c1-3-17(14,15)8-7-13-9-11(2)16-10-12(13)5-4-6-12/h3,11H,1,4-10H2,2H3. The van der Waals surface area contributed by atoms with Crippen molar-refractivity contribution in [2.45, 2.75) is 37.8 Å². The van der Waals surface area contributed by atoms with Crippen LogP contribution in [0.3, 0.4) is 0 Å². The lowest BCUT2D eigenvalue weighted by Gasteiger charge is -2.54. The van der Waals surface area contributed by atoms with Crippen LogP contribution in [-0.2, 0) is 14.6 Å².